The summed E-state index contributed by atoms with van der Waals surface area (Å²) in [6.45, 7) is 0.169. The molecule has 0 bridgehead atoms. The molecular weight excluding hydrogens is 257 g/mol. The van der Waals surface area contributed by atoms with Crippen molar-refractivity contribution in [3.63, 3.8) is 0 Å². The van der Waals surface area contributed by atoms with Crippen LogP contribution in [0.4, 0.5) is 10.1 Å². The quantitative estimate of drug-likeness (QED) is 0.817. The molecule has 20 heavy (non-hydrogen) atoms. The number of nitrogens with one attached hydrogen (secondary N) is 1. The third-order valence-corrected chi connectivity index (χ3v) is 2.49. The standard InChI is InChI=1S/C15H12FN3O/c16-12-4-3-11(2-1-7-17)14(10-12)15(20)19-13-5-8-18-9-6-13/h3-6,8-10H,7,17H2,(H,18,19,20). The first kappa shape index (κ1) is 13.7. The monoisotopic (exact) mass is 269 g/mol. The van der Waals surface area contributed by atoms with Crippen LogP contribution in [0.2, 0.25) is 0 Å². The third kappa shape index (κ3) is 3.40. The van der Waals surface area contributed by atoms with Crippen molar-refractivity contribution in [1.29, 1.82) is 0 Å². The van der Waals surface area contributed by atoms with Crippen LogP contribution < -0.4 is 11.1 Å². The van der Waals surface area contributed by atoms with Gasteiger partial charge in [-0.2, -0.15) is 0 Å². The summed E-state index contributed by atoms with van der Waals surface area (Å²) in [4.78, 5) is 16.0. The second-order valence-electron chi connectivity index (χ2n) is 3.89. The molecule has 1 amide bonds. The molecule has 0 atom stereocenters. The summed E-state index contributed by atoms with van der Waals surface area (Å²) in [5.74, 6) is 4.47. The number of nitrogens with zero attached hydrogens (tertiary/aromatic N) is 1. The van der Waals surface area contributed by atoms with Crippen LogP contribution >= 0.6 is 0 Å². The van der Waals surface area contributed by atoms with Crippen molar-refractivity contribution in [3.8, 4) is 11.8 Å². The Hall–Kier alpha value is -2.71. The predicted molar refractivity (Wildman–Crippen MR) is 74.5 cm³/mol. The first-order valence-corrected chi connectivity index (χ1v) is 5.90. The fourth-order valence-corrected chi connectivity index (χ4v) is 1.59. The van der Waals surface area contributed by atoms with Gasteiger partial charge in [0.1, 0.15) is 5.82 Å². The number of pyridine rings is 1. The number of carbonyl (C=O) groups excluding carboxylic acids is 1. The molecule has 2 aromatic rings. The molecule has 5 heteroatoms. The molecule has 1 aromatic carbocycles. The van der Waals surface area contributed by atoms with Crippen LogP contribution in [0.15, 0.2) is 42.7 Å². The molecule has 1 heterocycles. The van der Waals surface area contributed by atoms with Crippen molar-refractivity contribution in [1.82, 2.24) is 4.98 Å². The highest BCUT2D eigenvalue weighted by Gasteiger charge is 2.11. The zero-order valence-electron chi connectivity index (χ0n) is 10.6. The van der Waals surface area contributed by atoms with E-state index in [1.54, 1.807) is 24.5 Å². The number of rotatable bonds is 2. The predicted octanol–water partition coefficient (Wildman–Crippen LogP) is 1.78. The minimum atomic E-state index is -0.497. The third-order valence-electron chi connectivity index (χ3n) is 2.49. The van der Waals surface area contributed by atoms with Crippen LogP contribution in [-0.4, -0.2) is 17.4 Å². The number of halogens is 1. The molecular formula is C15H12FN3O. The summed E-state index contributed by atoms with van der Waals surface area (Å²) in [5.41, 5.74) is 6.48. The van der Waals surface area contributed by atoms with Gasteiger partial charge >= 0.3 is 0 Å². The molecule has 0 spiro atoms. The van der Waals surface area contributed by atoms with Gasteiger partial charge in [0.05, 0.1) is 12.1 Å². The summed E-state index contributed by atoms with van der Waals surface area (Å²) in [7, 11) is 0. The summed E-state index contributed by atoms with van der Waals surface area (Å²) in [5, 5.41) is 2.66. The van der Waals surface area contributed by atoms with Gasteiger partial charge in [-0.25, -0.2) is 4.39 Å². The number of amides is 1. The molecule has 0 saturated carbocycles. The van der Waals surface area contributed by atoms with Crippen molar-refractivity contribution in [2.75, 3.05) is 11.9 Å². The molecule has 100 valence electrons. The topological polar surface area (TPSA) is 68.0 Å². The SMILES string of the molecule is NCC#Cc1ccc(F)cc1C(=O)Nc1ccncc1. The second kappa shape index (κ2) is 6.45. The van der Waals surface area contributed by atoms with Gasteiger partial charge in [-0.1, -0.05) is 11.8 Å². The molecule has 0 saturated heterocycles. The Morgan fingerprint density at radius 1 is 1.30 bits per heavy atom. The first-order chi connectivity index (χ1) is 9.70. The van der Waals surface area contributed by atoms with Gasteiger partial charge in [0.2, 0.25) is 0 Å². The van der Waals surface area contributed by atoms with Gasteiger partial charge in [-0.05, 0) is 30.3 Å². The van der Waals surface area contributed by atoms with E-state index in [1.165, 1.54) is 12.1 Å². The fraction of sp³-hybridized carbons (Fsp3) is 0.0667. The summed E-state index contributed by atoms with van der Waals surface area (Å²) < 4.78 is 13.3. The molecule has 0 aliphatic rings. The van der Waals surface area contributed by atoms with Crippen LogP contribution in [-0.2, 0) is 0 Å². The van der Waals surface area contributed by atoms with Crippen molar-refractivity contribution in [2.45, 2.75) is 0 Å². The molecule has 0 radical (unpaired) electrons. The van der Waals surface area contributed by atoms with Gasteiger partial charge in [-0.15, -0.1) is 0 Å². The smallest absolute Gasteiger partial charge is 0.257 e. The van der Waals surface area contributed by atoms with Crippen LogP contribution in [0.1, 0.15) is 15.9 Å². The second-order valence-corrected chi connectivity index (χ2v) is 3.89. The summed E-state index contributed by atoms with van der Waals surface area (Å²) in [6.07, 6.45) is 3.10. The van der Waals surface area contributed by atoms with Gasteiger partial charge in [0, 0.05) is 23.6 Å². The number of hydrogen-bond acceptors (Lipinski definition) is 3. The Morgan fingerprint density at radius 2 is 2.05 bits per heavy atom. The number of carbonyl (C=O) groups is 1. The lowest BCUT2D eigenvalue weighted by Crippen LogP contribution is -2.14. The normalized spacial score (nSPS) is 9.50. The number of anilines is 1. The van der Waals surface area contributed by atoms with Crippen LogP contribution in [0.3, 0.4) is 0 Å². The maximum atomic E-state index is 13.3. The van der Waals surface area contributed by atoms with Gasteiger partial charge in [-0.3, -0.25) is 9.78 Å². The number of nitrogens with two attached hydrogens (primary N) is 1. The number of benzene rings is 1. The van der Waals surface area contributed by atoms with E-state index in [0.717, 1.165) is 6.07 Å². The van der Waals surface area contributed by atoms with Gasteiger partial charge in [0.15, 0.2) is 0 Å². The average molecular weight is 269 g/mol. The Morgan fingerprint density at radius 3 is 2.75 bits per heavy atom. The van der Waals surface area contributed by atoms with E-state index < -0.39 is 11.7 Å². The summed E-state index contributed by atoms with van der Waals surface area (Å²) in [6, 6.07) is 7.14. The molecule has 0 aliphatic carbocycles. The number of aromatic nitrogens is 1. The average Bonchev–Trinajstić information content (AvgIpc) is 2.47. The number of hydrogen-bond donors (Lipinski definition) is 2. The minimum absolute atomic E-state index is 0.169. The molecule has 2 rings (SSSR count). The molecule has 0 unspecified atom stereocenters. The van der Waals surface area contributed by atoms with Crippen LogP contribution in [0.25, 0.3) is 0 Å². The fourth-order valence-electron chi connectivity index (χ4n) is 1.59. The largest absolute Gasteiger partial charge is 0.322 e. The lowest BCUT2D eigenvalue weighted by atomic mass is 10.1. The van der Waals surface area contributed by atoms with Gasteiger partial charge in [0.25, 0.3) is 5.91 Å². The molecule has 0 aliphatic heterocycles. The highest BCUT2D eigenvalue weighted by Crippen LogP contribution is 2.13. The van der Waals surface area contributed by atoms with Crippen molar-refractivity contribution >= 4 is 11.6 Å². The van der Waals surface area contributed by atoms with Crippen molar-refractivity contribution in [2.24, 2.45) is 5.73 Å². The van der Waals surface area contributed by atoms with Crippen molar-refractivity contribution < 1.29 is 9.18 Å². The molecule has 1 aromatic heterocycles. The van der Waals surface area contributed by atoms with E-state index in [2.05, 4.69) is 22.1 Å². The zero-order chi connectivity index (χ0) is 14.4. The maximum Gasteiger partial charge on any atom is 0.257 e. The van der Waals surface area contributed by atoms with Crippen LogP contribution in [0.5, 0.6) is 0 Å². The molecule has 3 N–H and O–H groups in total. The Labute approximate surface area is 115 Å². The van der Waals surface area contributed by atoms with E-state index >= 15 is 0 Å². The lowest BCUT2D eigenvalue weighted by Gasteiger charge is -2.07. The zero-order valence-corrected chi connectivity index (χ0v) is 10.6. The van der Waals surface area contributed by atoms with Crippen LogP contribution in [0, 0.1) is 17.7 Å². The molecule has 4 nitrogen and oxygen atoms in total. The Kier molecular flexibility index (Phi) is 4.43. The van der Waals surface area contributed by atoms with E-state index in [-0.39, 0.29) is 12.1 Å². The highest BCUT2D eigenvalue weighted by molar-refractivity contribution is 6.05. The summed E-state index contributed by atoms with van der Waals surface area (Å²) >= 11 is 0. The maximum absolute atomic E-state index is 13.3. The van der Waals surface area contributed by atoms with E-state index in [4.69, 9.17) is 5.73 Å². The Balaban J connectivity index is 2.31. The van der Waals surface area contributed by atoms with Crippen molar-refractivity contribution in [3.05, 3.63) is 59.7 Å². The first-order valence-electron chi connectivity index (χ1n) is 5.90. The Bertz CT molecular complexity index is 675. The minimum Gasteiger partial charge on any atom is -0.322 e. The van der Waals surface area contributed by atoms with E-state index in [9.17, 15) is 9.18 Å². The van der Waals surface area contributed by atoms with Gasteiger partial charge < -0.3 is 11.1 Å². The van der Waals surface area contributed by atoms with E-state index in [1.807, 2.05) is 0 Å². The lowest BCUT2D eigenvalue weighted by molar-refractivity contribution is 0.102. The highest BCUT2D eigenvalue weighted by atomic mass is 19.1. The van der Waals surface area contributed by atoms with E-state index in [0.29, 0.717) is 11.3 Å². The molecule has 0 fully saturated rings.